The van der Waals surface area contributed by atoms with Crippen molar-refractivity contribution in [1.29, 1.82) is 0 Å². The highest BCUT2D eigenvalue weighted by molar-refractivity contribution is 6.32. The average Bonchev–Trinajstić information content (AvgIpc) is 2.77. The van der Waals surface area contributed by atoms with Gasteiger partial charge in [0, 0.05) is 11.3 Å². The van der Waals surface area contributed by atoms with Crippen molar-refractivity contribution in [2.45, 2.75) is 13.8 Å². The van der Waals surface area contributed by atoms with Crippen molar-refractivity contribution in [3.63, 3.8) is 0 Å². The summed E-state index contributed by atoms with van der Waals surface area (Å²) in [4.78, 5) is 24.4. The summed E-state index contributed by atoms with van der Waals surface area (Å²) < 4.78 is 5.69. The van der Waals surface area contributed by atoms with Gasteiger partial charge in [0.15, 0.2) is 6.61 Å². The molecule has 0 fully saturated rings. The van der Waals surface area contributed by atoms with Crippen LogP contribution in [0.1, 0.15) is 27.0 Å². The third-order valence-electron chi connectivity index (χ3n) is 4.65. The summed E-state index contributed by atoms with van der Waals surface area (Å²) in [6.07, 6.45) is 1.48. The summed E-state index contributed by atoms with van der Waals surface area (Å²) >= 11 is 11.7. The highest BCUT2D eigenvalue weighted by Crippen LogP contribution is 2.27. The number of carbonyl (C=O) groups is 2. The first-order chi connectivity index (χ1) is 16.1. The Morgan fingerprint density at radius 2 is 1.59 bits per heavy atom. The molecule has 3 rings (SSSR count). The average molecular weight is 502 g/mol. The van der Waals surface area contributed by atoms with E-state index in [1.165, 1.54) is 42.6 Å². The fourth-order valence-electron chi connectivity index (χ4n) is 3.08. The van der Waals surface area contributed by atoms with E-state index in [1.54, 1.807) is 12.1 Å². The third kappa shape index (κ3) is 6.40. The topological polar surface area (TPSA) is 120 Å². The second-order valence-electron chi connectivity index (χ2n) is 7.35. The van der Waals surface area contributed by atoms with Gasteiger partial charge in [0.25, 0.3) is 11.8 Å². The second-order valence-corrected chi connectivity index (χ2v) is 8.17. The van der Waals surface area contributed by atoms with Gasteiger partial charge in [0.2, 0.25) is 0 Å². The number of aromatic hydroxyl groups is 2. The normalized spacial score (nSPS) is 10.8. The predicted molar refractivity (Wildman–Crippen MR) is 131 cm³/mol. The molecule has 0 saturated heterocycles. The van der Waals surface area contributed by atoms with Crippen molar-refractivity contribution in [3.8, 4) is 17.2 Å². The van der Waals surface area contributed by atoms with Crippen molar-refractivity contribution >= 4 is 46.9 Å². The molecule has 0 unspecified atom stereocenters. The Balaban J connectivity index is 1.59. The molecule has 0 radical (unpaired) electrons. The lowest BCUT2D eigenvalue weighted by Gasteiger charge is -2.13. The van der Waals surface area contributed by atoms with Gasteiger partial charge in [-0.1, -0.05) is 23.2 Å². The number of anilines is 1. The van der Waals surface area contributed by atoms with Crippen molar-refractivity contribution in [2.75, 3.05) is 11.9 Å². The maximum Gasteiger partial charge on any atom is 0.271 e. The Labute approximate surface area is 205 Å². The van der Waals surface area contributed by atoms with E-state index in [9.17, 15) is 19.8 Å². The molecular weight excluding hydrogens is 481 g/mol. The van der Waals surface area contributed by atoms with Gasteiger partial charge in [-0.2, -0.15) is 5.10 Å². The maximum absolute atomic E-state index is 12.2. The molecule has 3 aromatic carbocycles. The van der Waals surface area contributed by atoms with Crippen LogP contribution in [0, 0.1) is 13.8 Å². The Morgan fingerprint density at radius 3 is 2.21 bits per heavy atom. The number of phenols is 2. The number of benzene rings is 3. The minimum Gasteiger partial charge on any atom is -0.506 e. The summed E-state index contributed by atoms with van der Waals surface area (Å²) in [6.45, 7) is 3.43. The number of aryl methyl sites for hydroxylation is 2. The fourth-order valence-corrected chi connectivity index (χ4v) is 3.44. The molecule has 0 aliphatic heterocycles. The molecule has 10 heteroatoms. The van der Waals surface area contributed by atoms with Crippen molar-refractivity contribution in [1.82, 2.24) is 5.43 Å². The Bertz CT molecular complexity index is 1250. The molecule has 3 aromatic rings. The van der Waals surface area contributed by atoms with Crippen LogP contribution in [0.25, 0.3) is 0 Å². The number of hydrazone groups is 1. The van der Waals surface area contributed by atoms with Gasteiger partial charge in [-0.25, -0.2) is 5.43 Å². The second kappa shape index (κ2) is 10.9. The van der Waals surface area contributed by atoms with Crippen molar-refractivity contribution in [3.05, 3.63) is 80.8 Å². The number of halogens is 2. The van der Waals surface area contributed by atoms with Gasteiger partial charge < -0.3 is 20.3 Å². The van der Waals surface area contributed by atoms with Gasteiger partial charge in [0.05, 0.1) is 16.3 Å². The van der Waals surface area contributed by atoms with Gasteiger partial charge in [0.1, 0.15) is 17.2 Å². The van der Waals surface area contributed by atoms with E-state index in [1.807, 2.05) is 13.8 Å². The van der Waals surface area contributed by atoms with Crippen LogP contribution in [0.3, 0.4) is 0 Å². The minimum atomic E-state index is -0.479. The van der Waals surface area contributed by atoms with Gasteiger partial charge >= 0.3 is 0 Å². The SMILES string of the molecule is Cc1cc(/C=N\NC(=O)c2ccc(O)c(Cl)c2)cc(C)c1OCC(=O)Nc1ccc(O)c(Cl)c1. The first-order valence-electron chi connectivity index (χ1n) is 9.98. The van der Waals surface area contributed by atoms with Crippen LogP contribution in [0.4, 0.5) is 5.69 Å². The summed E-state index contributed by atoms with van der Waals surface area (Å²) in [5.41, 5.74) is 5.36. The van der Waals surface area contributed by atoms with Crippen LogP contribution in [0.5, 0.6) is 17.2 Å². The zero-order chi connectivity index (χ0) is 24.8. The maximum atomic E-state index is 12.2. The van der Waals surface area contributed by atoms with E-state index in [4.69, 9.17) is 27.9 Å². The Kier molecular flexibility index (Phi) is 7.99. The first kappa shape index (κ1) is 24.9. The van der Waals surface area contributed by atoms with Crippen LogP contribution in [-0.2, 0) is 4.79 Å². The van der Waals surface area contributed by atoms with Gasteiger partial charge in [-0.3, -0.25) is 9.59 Å². The van der Waals surface area contributed by atoms with Crippen molar-refractivity contribution < 1.29 is 24.5 Å². The highest BCUT2D eigenvalue weighted by Gasteiger charge is 2.11. The summed E-state index contributed by atoms with van der Waals surface area (Å²) in [5.74, 6) is -0.498. The molecule has 4 N–H and O–H groups in total. The molecule has 0 bridgehead atoms. The Hall–Kier alpha value is -3.75. The first-order valence-corrected chi connectivity index (χ1v) is 10.7. The molecule has 0 aliphatic carbocycles. The number of amides is 2. The molecular formula is C24H21Cl2N3O5. The molecule has 0 aliphatic rings. The molecule has 0 aromatic heterocycles. The largest absolute Gasteiger partial charge is 0.506 e. The quantitative estimate of drug-likeness (QED) is 0.210. The molecule has 0 saturated carbocycles. The van der Waals surface area contributed by atoms with Crippen molar-refractivity contribution in [2.24, 2.45) is 5.10 Å². The van der Waals surface area contributed by atoms with E-state index in [2.05, 4.69) is 15.8 Å². The number of nitrogens with one attached hydrogen (secondary N) is 2. The minimum absolute atomic E-state index is 0.0685. The van der Waals surface area contributed by atoms with Gasteiger partial charge in [-0.15, -0.1) is 0 Å². The summed E-state index contributed by atoms with van der Waals surface area (Å²) in [5, 5.41) is 25.7. The predicted octanol–water partition coefficient (Wildman–Crippen LogP) is 4.80. The van der Waals surface area contributed by atoms with Crippen LogP contribution in [0.2, 0.25) is 10.0 Å². The fraction of sp³-hybridized carbons (Fsp3) is 0.125. The molecule has 0 atom stereocenters. The van der Waals surface area contributed by atoms with Crippen LogP contribution >= 0.6 is 23.2 Å². The smallest absolute Gasteiger partial charge is 0.271 e. The van der Waals surface area contributed by atoms with E-state index in [-0.39, 0.29) is 39.6 Å². The third-order valence-corrected chi connectivity index (χ3v) is 5.26. The zero-order valence-electron chi connectivity index (χ0n) is 18.2. The lowest BCUT2D eigenvalue weighted by Crippen LogP contribution is -2.20. The number of hydrogen-bond acceptors (Lipinski definition) is 6. The van der Waals surface area contributed by atoms with E-state index in [0.29, 0.717) is 11.4 Å². The lowest BCUT2D eigenvalue weighted by molar-refractivity contribution is -0.118. The number of nitrogens with zero attached hydrogens (tertiary/aromatic N) is 1. The molecule has 0 spiro atoms. The number of ether oxygens (including phenoxy) is 1. The van der Waals surface area contributed by atoms with E-state index >= 15 is 0 Å². The standard InChI is InChI=1S/C24H21Cl2N3O5/c1-13-7-15(11-27-29-24(33)16-3-5-20(30)18(25)9-16)8-14(2)23(13)34-12-22(32)28-17-4-6-21(31)19(26)10-17/h3-11,30-31H,12H2,1-2H3,(H,28,32)(H,29,33)/b27-11-. The number of carbonyl (C=O) groups excluding carboxylic acids is 2. The van der Waals surface area contributed by atoms with Crippen LogP contribution < -0.4 is 15.5 Å². The van der Waals surface area contributed by atoms with E-state index < -0.39 is 5.91 Å². The molecule has 34 heavy (non-hydrogen) atoms. The monoisotopic (exact) mass is 501 g/mol. The number of hydrogen-bond donors (Lipinski definition) is 4. The number of rotatable bonds is 7. The Morgan fingerprint density at radius 1 is 0.971 bits per heavy atom. The van der Waals surface area contributed by atoms with Gasteiger partial charge in [-0.05, 0) is 79.1 Å². The molecule has 2 amide bonds. The van der Waals surface area contributed by atoms with Crippen LogP contribution in [0.15, 0.2) is 53.6 Å². The van der Waals surface area contributed by atoms with E-state index in [0.717, 1.165) is 16.7 Å². The number of phenolic OH excluding ortho intramolecular Hbond substituents is 2. The lowest BCUT2D eigenvalue weighted by atomic mass is 10.1. The molecule has 0 heterocycles. The highest BCUT2D eigenvalue weighted by atomic mass is 35.5. The summed E-state index contributed by atoms with van der Waals surface area (Å²) in [6, 6.07) is 12.0. The molecule has 176 valence electrons. The molecule has 8 nitrogen and oxygen atoms in total. The summed E-state index contributed by atoms with van der Waals surface area (Å²) in [7, 11) is 0. The zero-order valence-corrected chi connectivity index (χ0v) is 19.7. The van der Waals surface area contributed by atoms with Crippen LogP contribution in [-0.4, -0.2) is 34.8 Å².